The Balaban J connectivity index is 1.99. The average molecular weight is 250 g/mol. The first-order valence-corrected chi connectivity index (χ1v) is 6.35. The molecule has 2 heterocycles. The van der Waals surface area contributed by atoms with Crippen LogP contribution >= 0.6 is 12.2 Å². The summed E-state index contributed by atoms with van der Waals surface area (Å²) in [5.74, 6) is 0.493. The predicted molar refractivity (Wildman–Crippen MR) is 70.5 cm³/mol. The van der Waals surface area contributed by atoms with Crippen molar-refractivity contribution in [2.24, 2.45) is 0 Å². The highest BCUT2D eigenvalue weighted by Crippen LogP contribution is 2.14. The largest absolute Gasteiger partial charge is 0.337 e. The van der Waals surface area contributed by atoms with Gasteiger partial charge in [-0.05, 0) is 30.6 Å². The van der Waals surface area contributed by atoms with Crippen molar-refractivity contribution in [1.29, 1.82) is 0 Å². The van der Waals surface area contributed by atoms with Crippen LogP contribution in [0.5, 0.6) is 0 Å². The highest BCUT2D eigenvalue weighted by Gasteiger charge is 2.07. The van der Waals surface area contributed by atoms with Gasteiger partial charge in [-0.1, -0.05) is 13.8 Å². The number of rotatable bonds is 5. The molecule has 0 aliphatic carbocycles. The fraction of sp³-hybridized carbons (Fsp3) is 0.500. The van der Waals surface area contributed by atoms with E-state index in [1.54, 1.807) is 0 Å². The lowest BCUT2D eigenvalue weighted by Gasteiger charge is -2.10. The molecule has 0 spiro atoms. The number of aryl methyl sites for hydroxylation is 1. The minimum Gasteiger partial charge on any atom is -0.337 e. The summed E-state index contributed by atoms with van der Waals surface area (Å²) in [5.41, 5.74) is 1.27. The first kappa shape index (κ1) is 12.1. The van der Waals surface area contributed by atoms with Crippen LogP contribution in [0.25, 0.3) is 0 Å². The van der Waals surface area contributed by atoms with E-state index in [1.165, 1.54) is 5.69 Å². The second-order valence-electron chi connectivity index (χ2n) is 4.45. The van der Waals surface area contributed by atoms with E-state index in [0.29, 0.717) is 5.92 Å². The van der Waals surface area contributed by atoms with Crippen molar-refractivity contribution in [3.63, 3.8) is 0 Å². The first-order chi connectivity index (χ1) is 8.18. The minimum absolute atomic E-state index is 0.493. The molecule has 0 aromatic carbocycles. The van der Waals surface area contributed by atoms with E-state index >= 15 is 0 Å². The van der Waals surface area contributed by atoms with E-state index in [1.807, 2.05) is 29.3 Å². The molecular formula is C12H18N4S. The Morgan fingerprint density at radius 3 is 2.88 bits per heavy atom. The van der Waals surface area contributed by atoms with Crippen LogP contribution in [0.4, 0.5) is 0 Å². The Morgan fingerprint density at radius 2 is 2.24 bits per heavy atom. The molecule has 2 rings (SSSR count). The summed E-state index contributed by atoms with van der Waals surface area (Å²) in [5, 5.41) is 4.19. The van der Waals surface area contributed by atoms with Gasteiger partial charge >= 0.3 is 0 Å². The van der Waals surface area contributed by atoms with Gasteiger partial charge in [0.05, 0.1) is 0 Å². The molecule has 0 saturated heterocycles. The van der Waals surface area contributed by atoms with Crippen LogP contribution in [-0.4, -0.2) is 19.3 Å². The summed E-state index contributed by atoms with van der Waals surface area (Å²) in [7, 11) is 0. The summed E-state index contributed by atoms with van der Waals surface area (Å²) >= 11 is 5.29. The fourth-order valence-corrected chi connectivity index (χ4v) is 2.20. The van der Waals surface area contributed by atoms with Crippen molar-refractivity contribution in [3.05, 3.63) is 35.1 Å². The third-order valence-corrected chi connectivity index (χ3v) is 3.16. The maximum Gasteiger partial charge on any atom is 0.177 e. The molecule has 1 N–H and O–H groups in total. The Labute approximate surface area is 106 Å². The van der Waals surface area contributed by atoms with Crippen molar-refractivity contribution < 1.29 is 0 Å². The van der Waals surface area contributed by atoms with Gasteiger partial charge in [-0.25, -0.2) is 0 Å². The second kappa shape index (κ2) is 5.31. The van der Waals surface area contributed by atoms with Crippen LogP contribution in [0, 0.1) is 4.77 Å². The van der Waals surface area contributed by atoms with Crippen LogP contribution in [0.3, 0.4) is 0 Å². The maximum atomic E-state index is 5.29. The number of hydrogen-bond acceptors (Lipinski definition) is 2. The highest BCUT2D eigenvalue weighted by atomic mass is 32.1. The summed E-state index contributed by atoms with van der Waals surface area (Å²) in [6.45, 7) is 6.23. The first-order valence-electron chi connectivity index (χ1n) is 5.94. The Kier molecular flexibility index (Phi) is 3.78. The Hall–Kier alpha value is -1.36. The summed E-state index contributed by atoms with van der Waals surface area (Å²) in [6, 6.07) is 1.95. The van der Waals surface area contributed by atoms with Crippen molar-refractivity contribution in [3.8, 4) is 0 Å². The van der Waals surface area contributed by atoms with E-state index in [2.05, 4.69) is 28.5 Å². The molecule has 4 nitrogen and oxygen atoms in total. The molecule has 0 amide bonds. The number of imidazole rings is 1. The van der Waals surface area contributed by atoms with E-state index in [-0.39, 0.29) is 0 Å². The SMILES string of the molecule is CC(C)c1c[nH]c(=S)n1CCCn1cccn1. The lowest BCUT2D eigenvalue weighted by Crippen LogP contribution is -2.08. The van der Waals surface area contributed by atoms with Crippen molar-refractivity contribution >= 4 is 12.2 Å². The zero-order chi connectivity index (χ0) is 12.3. The van der Waals surface area contributed by atoms with Crippen LogP contribution in [0.15, 0.2) is 24.7 Å². The molecule has 0 unspecified atom stereocenters. The number of nitrogens with zero attached hydrogens (tertiary/aromatic N) is 3. The predicted octanol–water partition coefficient (Wildman–Crippen LogP) is 2.96. The molecule has 17 heavy (non-hydrogen) atoms. The van der Waals surface area contributed by atoms with Gasteiger partial charge < -0.3 is 9.55 Å². The molecule has 0 radical (unpaired) electrons. The van der Waals surface area contributed by atoms with Gasteiger partial charge in [-0.3, -0.25) is 4.68 Å². The zero-order valence-electron chi connectivity index (χ0n) is 10.3. The average Bonchev–Trinajstić information content (AvgIpc) is 2.89. The Morgan fingerprint density at radius 1 is 1.41 bits per heavy atom. The molecule has 0 aliphatic rings. The normalized spacial score (nSPS) is 11.2. The molecule has 0 atom stereocenters. The summed E-state index contributed by atoms with van der Waals surface area (Å²) < 4.78 is 4.95. The third kappa shape index (κ3) is 2.85. The maximum absolute atomic E-state index is 5.29. The molecule has 92 valence electrons. The van der Waals surface area contributed by atoms with E-state index in [0.717, 1.165) is 24.3 Å². The third-order valence-electron chi connectivity index (χ3n) is 2.82. The van der Waals surface area contributed by atoms with Gasteiger partial charge in [0.1, 0.15) is 0 Å². The Bertz CT molecular complexity index is 507. The standard InChI is InChI=1S/C12H18N4S/c1-10(2)11-9-13-12(17)16(11)8-4-7-15-6-3-5-14-15/h3,5-6,9-10H,4,7-8H2,1-2H3,(H,13,17). The minimum atomic E-state index is 0.493. The topological polar surface area (TPSA) is 38.5 Å². The van der Waals surface area contributed by atoms with Crippen LogP contribution < -0.4 is 0 Å². The summed E-state index contributed by atoms with van der Waals surface area (Å²) in [6.07, 6.45) is 6.84. The lowest BCUT2D eigenvalue weighted by molar-refractivity contribution is 0.511. The molecule has 2 aromatic heterocycles. The van der Waals surface area contributed by atoms with Crippen molar-refractivity contribution in [2.45, 2.75) is 39.3 Å². The smallest absolute Gasteiger partial charge is 0.177 e. The van der Waals surface area contributed by atoms with Gasteiger partial charge in [-0.2, -0.15) is 5.10 Å². The van der Waals surface area contributed by atoms with Crippen LogP contribution in [0.1, 0.15) is 31.9 Å². The molecule has 0 saturated carbocycles. The van der Waals surface area contributed by atoms with E-state index in [4.69, 9.17) is 12.2 Å². The van der Waals surface area contributed by atoms with E-state index < -0.39 is 0 Å². The van der Waals surface area contributed by atoms with Crippen molar-refractivity contribution in [2.75, 3.05) is 0 Å². The fourth-order valence-electron chi connectivity index (χ4n) is 1.94. The van der Waals surface area contributed by atoms with E-state index in [9.17, 15) is 0 Å². The molecule has 2 aromatic rings. The zero-order valence-corrected chi connectivity index (χ0v) is 11.1. The lowest BCUT2D eigenvalue weighted by atomic mass is 10.1. The molecule has 0 bridgehead atoms. The van der Waals surface area contributed by atoms with Gasteiger partial charge in [0.25, 0.3) is 0 Å². The van der Waals surface area contributed by atoms with Gasteiger partial charge in [-0.15, -0.1) is 0 Å². The molecular weight excluding hydrogens is 232 g/mol. The van der Waals surface area contributed by atoms with Gasteiger partial charge in [0, 0.05) is 37.4 Å². The highest BCUT2D eigenvalue weighted by molar-refractivity contribution is 7.71. The van der Waals surface area contributed by atoms with Gasteiger partial charge in [0.2, 0.25) is 0 Å². The monoisotopic (exact) mass is 250 g/mol. The van der Waals surface area contributed by atoms with Crippen LogP contribution in [0.2, 0.25) is 0 Å². The quantitative estimate of drug-likeness (QED) is 0.829. The number of hydrogen-bond donors (Lipinski definition) is 1. The van der Waals surface area contributed by atoms with Crippen LogP contribution in [-0.2, 0) is 13.1 Å². The molecule has 0 aliphatic heterocycles. The second-order valence-corrected chi connectivity index (χ2v) is 4.83. The number of H-pyrrole nitrogens is 1. The number of aromatic nitrogens is 4. The van der Waals surface area contributed by atoms with Crippen molar-refractivity contribution in [1.82, 2.24) is 19.3 Å². The summed E-state index contributed by atoms with van der Waals surface area (Å²) in [4.78, 5) is 3.12. The number of nitrogens with one attached hydrogen (secondary N) is 1. The van der Waals surface area contributed by atoms with Gasteiger partial charge in [0.15, 0.2) is 4.77 Å². The molecule has 5 heteroatoms. The molecule has 0 fully saturated rings. The number of aromatic amines is 1.